The lowest BCUT2D eigenvalue weighted by Gasteiger charge is -2.22. The van der Waals surface area contributed by atoms with Gasteiger partial charge in [-0.15, -0.1) is 0 Å². The molecule has 118 valence electrons. The first-order valence-electron chi connectivity index (χ1n) is 6.83. The van der Waals surface area contributed by atoms with Crippen molar-refractivity contribution in [1.82, 2.24) is 9.21 Å². The first-order valence-corrected chi connectivity index (χ1v) is 8.27. The quantitative estimate of drug-likeness (QED) is 0.896. The molecule has 0 aliphatic carbocycles. The Morgan fingerprint density at radius 3 is 2.57 bits per heavy atom. The van der Waals surface area contributed by atoms with Crippen molar-refractivity contribution < 1.29 is 17.9 Å². The summed E-state index contributed by atoms with van der Waals surface area (Å²) in [5.41, 5.74) is 0.381. The summed E-state index contributed by atoms with van der Waals surface area (Å²) in [6, 6.07) is 3.78. The smallest absolute Gasteiger partial charge is 0.246 e. The highest BCUT2D eigenvalue weighted by atomic mass is 32.2. The minimum atomic E-state index is -3.88. The summed E-state index contributed by atoms with van der Waals surface area (Å²) >= 11 is 0. The van der Waals surface area contributed by atoms with E-state index >= 15 is 0 Å². The molecule has 0 bridgehead atoms. The van der Waals surface area contributed by atoms with E-state index in [0.717, 1.165) is 6.07 Å². The highest BCUT2D eigenvalue weighted by Crippen LogP contribution is 2.28. The van der Waals surface area contributed by atoms with E-state index in [4.69, 9.17) is 5.11 Å². The van der Waals surface area contributed by atoms with Crippen molar-refractivity contribution in [2.45, 2.75) is 24.5 Å². The van der Waals surface area contributed by atoms with Gasteiger partial charge in [-0.25, -0.2) is 12.8 Å². The molecule has 0 amide bonds. The molecule has 1 aromatic rings. The van der Waals surface area contributed by atoms with Gasteiger partial charge in [0.05, 0.1) is 6.61 Å². The van der Waals surface area contributed by atoms with E-state index in [-0.39, 0.29) is 23.5 Å². The number of nitrogens with zero attached hydrogens (tertiary/aromatic N) is 2. The number of halogens is 1. The van der Waals surface area contributed by atoms with Gasteiger partial charge in [0.1, 0.15) is 10.7 Å². The molecule has 1 N–H and O–H groups in total. The highest BCUT2D eigenvalue weighted by Gasteiger charge is 2.39. The van der Waals surface area contributed by atoms with Gasteiger partial charge in [-0.3, -0.25) is 0 Å². The van der Waals surface area contributed by atoms with E-state index in [9.17, 15) is 12.8 Å². The van der Waals surface area contributed by atoms with E-state index in [0.29, 0.717) is 18.7 Å². The van der Waals surface area contributed by atoms with Crippen LogP contribution in [0.3, 0.4) is 0 Å². The Morgan fingerprint density at radius 1 is 1.38 bits per heavy atom. The maximum absolute atomic E-state index is 13.9. The van der Waals surface area contributed by atoms with Crippen LogP contribution in [0.4, 0.5) is 4.39 Å². The summed E-state index contributed by atoms with van der Waals surface area (Å²) < 4.78 is 40.5. The largest absolute Gasteiger partial charge is 0.392 e. The van der Waals surface area contributed by atoms with E-state index in [1.807, 2.05) is 25.9 Å². The number of aliphatic hydroxyl groups excluding tert-OH is 1. The summed E-state index contributed by atoms with van der Waals surface area (Å²) in [5.74, 6) is -0.605. The third-order valence-electron chi connectivity index (χ3n) is 4.00. The third kappa shape index (κ3) is 3.11. The molecular formula is C14H21FN2O3S. The molecule has 2 rings (SSSR count). The van der Waals surface area contributed by atoms with Crippen LogP contribution in [-0.4, -0.2) is 56.0 Å². The monoisotopic (exact) mass is 316 g/mol. The molecule has 0 saturated carbocycles. The van der Waals surface area contributed by atoms with Crippen molar-refractivity contribution in [2.75, 3.05) is 27.2 Å². The Labute approximate surface area is 125 Å². The second kappa shape index (κ2) is 6.00. The number of hydrogen-bond donors (Lipinski definition) is 1. The maximum Gasteiger partial charge on any atom is 0.246 e. The molecule has 0 aromatic heterocycles. The fraction of sp³-hybridized carbons (Fsp3) is 0.571. The van der Waals surface area contributed by atoms with Gasteiger partial charge in [0.15, 0.2) is 0 Å². The van der Waals surface area contributed by atoms with Crippen molar-refractivity contribution in [3.63, 3.8) is 0 Å². The van der Waals surface area contributed by atoms with Crippen LogP contribution in [0, 0.1) is 11.7 Å². The van der Waals surface area contributed by atoms with Crippen LogP contribution in [-0.2, 0) is 16.6 Å². The molecule has 1 aliphatic rings. The summed E-state index contributed by atoms with van der Waals surface area (Å²) in [6.45, 7) is 2.38. The molecule has 2 atom stereocenters. The zero-order valence-corrected chi connectivity index (χ0v) is 13.3. The Balaban J connectivity index is 2.35. The summed E-state index contributed by atoms with van der Waals surface area (Å²) in [7, 11) is -0.0668. The summed E-state index contributed by atoms with van der Waals surface area (Å²) in [5, 5.41) is 9.10. The van der Waals surface area contributed by atoms with Crippen molar-refractivity contribution in [1.29, 1.82) is 0 Å². The molecule has 1 aromatic carbocycles. The van der Waals surface area contributed by atoms with Crippen LogP contribution in [0.2, 0.25) is 0 Å². The molecular weight excluding hydrogens is 295 g/mol. The van der Waals surface area contributed by atoms with Crippen LogP contribution in [0.25, 0.3) is 0 Å². The average Bonchev–Trinajstić information content (AvgIpc) is 2.82. The van der Waals surface area contributed by atoms with Crippen molar-refractivity contribution >= 4 is 10.0 Å². The predicted octanol–water partition coefficient (Wildman–Crippen LogP) is 0.889. The highest BCUT2D eigenvalue weighted by molar-refractivity contribution is 7.89. The molecule has 2 unspecified atom stereocenters. The lowest BCUT2D eigenvalue weighted by molar-refractivity contribution is 0.263. The Bertz CT molecular complexity index is 619. The van der Waals surface area contributed by atoms with Gasteiger partial charge < -0.3 is 10.0 Å². The Kier molecular flexibility index (Phi) is 4.67. The first-order chi connectivity index (χ1) is 9.77. The van der Waals surface area contributed by atoms with Gasteiger partial charge in [-0.2, -0.15) is 4.31 Å². The molecule has 1 saturated heterocycles. The number of benzene rings is 1. The second-order valence-electron chi connectivity index (χ2n) is 5.75. The fourth-order valence-electron chi connectivity index (χ4n) is 2.76. The lowest BCUT2D eigenvalue weighted by atomic mass is 10.1. The fourth-order valence-corrected chi connectivity index (χ4v) is 4.43. The van der Waals surface area contributed by atoms with E-state index < -0.39 is 15.8 Å². The summed E-state index contributed by atoms with van der Waals surface area (Å²) in [6.07, 6.45) is 0. The third-order valence-corrected chi connectivity index (χ3v) is 5.85. The number of aliphatic hydroxyl groups is 1. The van der Waals surface area contributed by atoms with Gasteiger partial charge in [-0.05, 0) is 37.7 Å². The molecule has 1 aliphatic heterocycles. The minimum absolute atomic E-state index is 0.115. The van der Waals surface area contributed by atoms with Gasteiger partial charge in [0.2, 0.25) is 10.0 Å². The number of rotatable bonds is 4. The van der Waals surface area contributed by atoms with Crippen molar-refractivity contribution in [2.24, 2.45) is 5.92 Å². The van der Waals surface area contributed by atoms with Crippen LogP contribution < -0.4 is 0 Å². The van der Waals surface area contributed by atoms with E-state index in [1.54, 1.807) is 0 Å². The normalized spacial score (nSPS) is 23.9. The Morgan fingerprint density at radius 2 is 2.05 bits per heavy atom. The van der Waals surface area contributed by atoms with Gasteiger partial charge in [0.25, 0.3) is 0 Å². The predicted molar refractivity (Wildman–Crippen MR) is 77.7 cm³/mol. The first kappa shape index (κ1) is 16.4. The van der Waals surface area contributed by atoms with Crippen molar-refractivity contribution in [3.05, 3.63) is 29.6 Å². The molecule has 7 heteroatoms. The molecule has 5 nitrogen and oxygen atoms in total. The Hall–Kier alpha value is -1.02. The number of hydrogen-bond acceptors (Lipinski definition) is 4. The standard InChI is InChI=1S/C14H21FN2O3S/c1-10-7-17(8-13(10)16(2)3)21(19,20)14-6-11(9-18)4-5-12(14)15/h4-6,10,13,18H,7-9H2,1-3H3. The van der Waals surface area contributed by atoms with Gasteiger partial charge in [0, 0.05) is 19.1 Å². The SMILES string of the molecule is CC1CN(S(=O)(=O)c2cc(CO)ccc2F)CC1N(C)C. The van der Waals surface area contributed by atoms with Crippen molar-refractivity contribution in [3.8, 4) is 0 Å². The van der Waals surface area contributed by atoms with Gasteiger partial charge in [-0.1, -0.05) is 13.0 Å². The van der Waals surface area contributed by atoms with Crippen LogP contribution in [0.1, 0.15) is 12.5 Å². The number of sulfonamides is 1. The molecule has 1 fully saturated rings. The van der Waals surface area contributed by atoms with E-state index in [2.05, 4.69) is 0 Å². The average molecular weight is 316 g/mol. The molecule has 1 heterocycles. The second-order valence-corrected chi connectivity index (χ2v) is 7.66. The van der Waals surface area contributed by atoms with Crippen LogP contribution >= 0.6 is 0 Å². The zero-order chi connectivity index (χ0) is 15.8. The minimum Gasteiger partial charge on any atom is -0.392 e. The zero-order valence-electron chi connectivity index (χ0n) is 12.5. The van der Waals surface area contributed by atoms with Crippen LogP contribution in [0.15, 0.2) is 23.1 Å². The maximum atomic E-state index is 13.9. The lowest BCUT2D eigenvalue weighted by Crippen LogP contribution is -2.36. The summed E-state index contributed by atoms with van der Waals surface area (Å²) in [4.78, 5) is 1.63. The van der Waals surface area contributed by atoms with Gasteiger partial charge >= 0.3 is 0 Å². The molecule has 21 heavy (non-hydrogen) atoms. The topological polar surface area (TPSA) is 60.9 Å². The van der Waals surface area contributed by atoms with Crippen LogP contribution in [0.5, 0.6) is 0 Å². The number of likely N-dealkylation sites (N-methyl/N-ethyl adjacent to an activating group) is 1. The molecule has 0 radical (unpaired) electrons. The van der Waals surface area contributed by atoms with E-state index in [1.165, 1.54) is 16.4 Å². The molecule has 0 spiro atoms.